The van der Waals surface area contributed by atoms with E-state index in [4.69, 9.17) is 10.5 Å². The first-order valence-corrected chi connectivity index (χ1v) is 6.72. The summed E-state index contributed by atoms with van der Waals surface area (Å²) in [6.07, 6.45) is 1.58. The van der Waals surface area contributed by atoms with Gasteiger partial charge in [-0.25, -0.2) is 9.78 Å². The van der Waals surface area contributed by atoms with Gasteiger partial charge in [-0.05, 0) is 19.1 Å². The van der Waals surface area contributed by atoms with Gasteiger partial charge in [-0.2, -0.15) is 0 Å². The second-order valence-electron chi connectivity index (χ2n) is 4.72. The third-order valence-electron chi connectivity index (χ3n) is 3.10. The molecule has 1 fully saturated rings. The minimum atomic E-state index is -0.738. The summed E-state index contributed by atoms with van der Waals surface area (Å²) in [6, 6.07) is 2.17. The fourth-order valence-corrected chi connectivity index (χ4v) is 1.97. The topological polar surface area (TPSA) is 110 Å². The van der Waals surface area contributed by atoms with Crippen molar-refractivity contribution >= 4 is 23.4 Å². The molecule has 1 aliphatic rings. The fraction of sp³-hybridized carbons (Fsp3) is 0.462. The van der Waals surface area contributed by atoms with Gasteiger partial charge < -0.3 is 26.0 Å². The summed E-state index contributed by atoms with van der Waals surface area (Å²) >= 11 is 0. The SMILES string of the molecule is CC(NC(N)=O)C(=O)Nc1ccc(N2CCOCC2)nc1. The van der Waals surface area contributed by atoms with Crippen molar-refractivity contribution in [2.75, 3.05) is 36.5 Å². The number of nitrogens with one attached hydrogen (secondary N) is 2. The molecule has 1 atom stereocenters. The molecule has 2 rings (SSSR count). The van der Waals surface area contributed by atoms with Gasteiger partial charge in [0.25, 0.3) is 0 Å². The number of carbonyl (C=O) groups is 2. The average Bonchev–Trinajstić information content (AvgIpc) is 2.48. The molecule has 4 N–H and O–H groups in total. The summed E-state index contributed by atoms with van der Waals surface area (Å²) in [5.41, 5.74) is 5.53. The minimum Gasteiger partial charge on any atom is -0.378 e. The Morgan fingerprint density at radius 3 is 2.67 bits per heavy atom. The van der Waals surface area contributed by atoms with Crippen molar-refractivity contribution in [3.8, 4) is 0 Å². The van der Waals surface area contributed by atoms with Crippen LogP contribution in [0.5, 0.6) is 0 Å². The van der Waals surface area contributed by atoms with Gasteiger partial charge in [0.05, 0.1) is 25.1 Å². The molecule has 1 aromatic heterocycles. The molecule has 0 bridgehead atoms. The number of pyridine rings is 1. The Kier molecular flexibility index (Phi) is 4.94. The van der Waals surface area contributed by atoms with Crippen LogP contribution in [0.25, 0.3) is 0 Å². The predicted molar refractivity (Wildman–Crippen MR) is 78.1 cm³/mol. The summed E-state index contributed by atoms with van der Waals surface area (Å²) in [6.45, 7) is 4.54. The lowest BCUT2D eigenvalue weighted by Gasteiger charge is -2.27. The van der Waals surface area contributed by atoms with Crippen LogP contribution < -0.4 is 21.3 Å². The molecule has 1 saturated heterocycles. The van der Waals surface area contributed by atoms with E-state index in [1.165, 1.54) is 0 Å². The Morgan fingerprint density at radius 1 is 1.38 bits per heavy atom. The molecule has 1 aliphatic heterocycles. The van der Waals surface area contributed by atoms with Crippen LogP contribution in [-0.2, 0) is 9.53 Å². The molecule has 0 aromatic carbocycles. The number of carbonyl (C=O) groups excluding carboxylic acids is 2. The number of hydrogen-bond donors (Lipinski definition) is 3. The normalized spacial score (nSPS) is 16.1. The highest BCUT2D eigenvalue weighted by Gasteiger charge is 2.15. The highest BCUT2D eigenvalue weighted by Crippen LogP contribution is 2.15. The molecule has 1 aromatic rings. The van der Waals surface area contributed by atoms with Crippen LogP contribution in [0.1, 0.15) is 6.92 Å². The van der Waals surface area contributed by atoms with Gasteiger partial charge >= 0.3 is 6.03 Å². The minimum absolute atomic E-state index is 0.352. The Labute approximate surface area is 122 Å². The summed E-state index contributed by atoms with van der Waals surface area (Å²) in [5, 5.41) is 4.97. The second-order valence-corrected chi connectivity index (χ2v) is 4.72. The lowest BCUT2D eigenvalue weighted by atomic mass is 10.3. The fourth-order valence-electron chi connectivity index (χ4n) is 1.97. The van der Waals surface area contributed by atoms with E-state index >= 15 is 0 Å². The molecule has 2 heterocycles. The van der Waals surface area contributed by atoms with Crippen LogP contribution in [0.3, 0.4) is 0 Å². The highest BCUT2D eigenvalue weighted by atomic mass is 16.5. The lowest BCUT2D eigenvalue weighted by molar-refractivity contribution is -0.117. The average molecular weight is 293 g/mol. The number of primary amides is 1. The van der Waals surface area contributed by atoms with E-state index in [-0.39, 0.29) is 5.91 Å². The van der Waals surface area contributed by atoms with Gasteiger partial charge in [0.15, 0.2) is 0 Å². The number of anilines is 2. The highest BCUT2D eigenvalue weighted by molar-refractivity contribution is 5.96. The number of amides is 3. The van der Waals surface area contributed by atoms with E-state index in [9.17, 15) is 9.59 Å². The third kappa shape index (κ3) is 4.32. The van der Waals surface area contributed by atoms with E-state index in [1.807, 2.05) is 6.07 Å². The Morgan fingerprint density at radius 2 is 2.10 bits per heavy atom. The Bertz CT molecular complexity index is 499. The van der Waals surface area contributed by atoms with Crippen LogP contribution in [0.2, 0.25) is 0 Å². The zero-order valence-corrected chi connectivity index (χ0v) is 11.8. The smallest absolute Gasteiger partial charge is 0.312 e. The number of ether oxygens (including phenoxy) is 1. The van der Waals surface area contributed by atoms with E-state index < -0.39 is 12.1 Å². The summed E-state index contributed by atoms with van der Waals surface area (Å²) in [5.74, 6) is 0.495. The second kappa shape index (κ2) is 6.89. The number of rotatable bonds is 4. The molecule has 21 heavy (non-hydrogen) atoms. The van der Waals surface area contributed by atoms with Crippen LogP contribution >= 0.6 is 0 Å². The first-order valence-electron chi connectivity index (χ1n) is 6.72. The van der Waals surface area contributed by atoms with Crippen molar-refractivity contribution in [1.29, 1.82) is 0 Å². The Hall–Kier alpha value is -2.35. The molecular formula is C13H19N5O3. The van der Waals surface area contributed by atoms with Crippen molar-refractivity contribution in [2.45, 2.75) is 13.0 Å². The molecule has 0 aliphatic carbocycles. The molecule has 8 nitrogen and oxygen atoms in total. The molecular weight excluding hydrogens is 274 g/mol. The first kappa shape index (κ1) is 15.0. The maximum atomic E-state index is 11.8. The van der Waals surface area contributed by atoms with Gasteiger partial charge in [0.2, 0.25) is 5.91 Å². The van der Waals surface area contributed by atoms with E-state index in [1.54, 1.807) is 19.2 Å². The van der Waals surface area contributed by atoms with Crippen molar-refractivity contribution in [3.05, 3.63) is 18.3 Å². The van der Waals surface area contributed by atoms with Gasteiger partial charge in [-0.1, -0.05) is 0 Å². The molecule has 8 heteroatoms. The quantitative estimate of drug-likeness (QED) is 0.719. The van der Waals surface area contributed by atoms with Crippen molar-refractivity contribution in [1.82, 2.24) is 10.3 Å². The number of hydrogen-bond acceptors (Lipinski definition) is 5. The number of nitrogens with zero attached hydrogens (tertiary/aromatic N) is 2. The van der Waals surface area contributed by atoms with Gasteiger partial charge in [0.1, 0.15) is 11.9 Å². The Balaban J connectivity index is 1.92. The maximum Gasteiger partial charge on any atom is 0.312 e. The number of aromatic nitrogens is 1. The van der Waals surface area contributed by atoms with Crippen molar-refractivity contribution in [2.24, 2.45) is 5.73 Å². The first-order chi connectivity index (χ1) is 10.1. The molecule has 114 valence electrons. The molecule has 3 amide bonds. The van der Waals surface area contributed by atoms with E-state index in [0.29, 0.717) is 18.9 Å². The third-order valence-corrected chi connectivity index (χ3v) is 3.10. The summed E-state index contributed by atoms with van der Waals surface area (Å²) in [7, 11) is 0. The van der Waals surface area contributed by atoms with E-state index in [0.717, 1.165) is 18.9 Å². The van der Waals surface area contributed by atoms with Crippen LogP contribution in [-0.4, -0.2) is 49.3 Å². The number of nitrogens with two attached hydrogens (primary N) is 1. The zero-order valence-electron chi connectivity index (χ0n) is 11.8. The van der Waals surface area contributed by atoms with Gasteiger partial charge in [-0.3, -0.25) is 4.79 Å². The van der Waals surface area contributed by atoms with Crippen molar-refractivity contribution in [3.63, 3.8) is 0 Å². The van der Waals surface area contributed by atoms with Crippen LogP contribution in [0.15, 0.2) is 18.3 Å². The molecule has 0 spiro atoms. The monoisotopic (exact) mass is 293 g/mol. The summed E-state index contributed by atoms with van der Waals surface area (Å²) < 4.78 is 5.28. The maximum absolute atomic E-state index is 11.8. The number of urea groups is 1. The van der Waals surface area contributed by atoms with Crippen LogP contribution in [0, 0.1) is 0 Å². The molecule has 0 radical (unpaired) electrons. The largest absolute Gasteiger partial charge is 0.378 e. The predicted octanol–water partition coefficient (Wildman–Crippen LogP) is -0.0865. The summed E-state index contributed by atoms with van der Waals surface area (Å²) in [4.78, 5) is 28.9. The lowest BCUT2D eigenvalue weighted by Crippen LogP contribution is -2.44. The zero-order chi connectivity index (χ0) is 15.2. The van der Waals surface area contributed by atoms with Gasteiger partial charge in [0, 0.05) is 13.1 Å². The molecule has 0 saturated carbocycles. The number of morpholine rings is 1. The molecule has 1 unspecified atom stereocenters. The van der Waals surface area contributed by atoms with Crippen molar-refractivity contribution < 1.29 is 14.3 Å². The van der Waals surface area contributed by atoms with Crippen LogP contribution in [0.4, 0.5) is 16.3 Å². The van der Waals surface area contributed by atoms with Gasteiger partial charge in [-0.15, -0.1) is 0 Å². The van der Waals surface area contributed by atoms with E-state index in [2.05, 4.69) is 20.5 Å². The standard InChI is InChI=1S/C13H19N5O3/c1-9(16-13(14)20)12(19)17-10-2-3-11(15-8-10)18-4-6-21-7-5-18/h2-3,8-9H,4-7H2,1H3,(H,17,19)(H3,14,16,20).